The number of carbonyl (C=O) groups is 1. The molecule has 7 heteroatoms. The third-order valence-electron chi connectivity index (χ3n) is 2.16. The molecule has 1 N–H and O–H groups in total. The molecule has 94 valence electrons. The maximum Gasteiger partial charge on any atom is 0.255 e. The van der Waals surface area contributed by atoms with Crippen molar-refractivity contribution < 1.29 is 13.7 Å². The fourth-order valence-electron chi connectivity index (χ4n) is 1.37. The molecule has 0 unspecified atom stereocenters. The van der Waals surface area contributed by atoms with E-state index in [-0.39, 0.29) is 18.0 Å². The van der Waals surface area contributed by atoms with Crippen molar-refractivity contribution in [3.05, 3.63) is 45.8 Å². The predicted molar refractivity (Wildman–Crippen MR) is 64.3 cm³/mol. The van der Waals surface area contributed by atoms with E-state index in [4.69, 9.17) is 4.52 Å². The second-order valence-electron chi connectivity index (χ2n) is 3.51. The van der Waals surface area contributed by atoms with Crippen LogP contribution in [0.15, 0.2) is 27.2 Å². The number of amides is 1. The number of halogens is 2. The highest BCUT2D eigenvalue weighted by atomic mass is 79.9. The van der Waals surface area contributed by atoms with Gasteiger partial charge in [0.15, 0.2) is 5.82 Å². The van der Waals surface area contributed by atoms with Crippen molar-refractivity contribution in [2.24, 2.45) is 0 Å². The lowest BCUT2D eigenvalue weighted by Gasteiger charge is -2.05. The minimum atomic E-state index is -0.594. The van der Waals surface area contributed by atoms with Crippen molar-refractivity contribution in [2.45, 2.75) is 13.5 Å². The standard InChI is InChI=1S/C11H9BrFN3O2/c1-6-15-9(18-16-6)5-14-11(17)10-7(12)3-2-4-8(10)13/h2-4H,5H2,1H3,(H,14,17). The lowest BCUT2D eigenvalue weighted by molar-refractivity contribution is 0.0941. The number of benzene rings is 1. The number of aromatic nitrogens is 2. The van der Waals surface area contributed by atoms with Crippen molar-refractivity contribution in [1.29, 1.82) is 0 Å². The van der Waals surface area contributed by atoms with Crippen LogP contribution in [0.5, 0.6) is 0 Å². The largest absolute Gasteiger partial charge is 0.343 e. The molecule has 2 aromatic rings. The van der Waals surface area contributed by atoms with Gasteiger partial charge in [0.1, 0.15) is 5.82 Å². The molecule has 1 heterocycles. The Kier molecular flexibility index (Phi) is 3.71. The second kappa shape index (κ2) is 5.26. The molecule has 18 heavy (non-hydrogen) atoms. The van der Waals surface area contributed by atoms with Gasteiger partial charge in [-0.25, -0.2) is 4.39 Å². The Balaban J connectivity index is 2.08. The molecule has 0 saturated heterocycles. The van der Waals surface area contributed by atoms with Crippen molar-refractivity contribution in [2.75, 3.05) is 0 Å². The van der Waals surface area contributed by atoms with Crippen LogP contribution >= 0.6 is 15.9 Å². The molecule has 0 aliphatic carbocycles. The summed E-state index contributed by atoms with van der Waals surface area (Å²) in [6.45, 7) is 1.72. The monoisotopic (exact) mass is 313 g/mol. The van der Waals surface area contributed by atoms with Crippen LogP contribution in [0.1, 0.15) is 22.1 Å². The highest BCUT2D eigenvalue weighted by molar-refractivity contribution is 9.10. The summed E-state index contributed by atoms with van der Waals surface area (Å²) in [4.78, 5) is 15.7. The number of carbonyl (C=O) groups excluding carboxylic acids is 1. The molecular formula is C11H9BrFN3O2. The van der Waals surface area contributed by atoms with E-state index < -0.39 is 11.7 Å². The molecule has 0 aliphatic rings. The summed E-state index contributed by atoms with van der Waals surface area (Å²) in [6, 6.07) is 4.32. The van der Waals surface area contributed by atoms with Crippen molar-refractivity contribution in [3.63, 3.8) is 0 Å². The molecule has 2 rings (SSSR count). The number of nitrogens with zero attached hydrogens (tertiary/aromatic N) is 2. The lowest BCUT2D eigenvalue weighted by atomic mass is 10.2. The van der Waals surface area contributed by atoms with E-state index in [1.165, 1.54) is 12.1 Å². The van der Waals surface area contributed by atoms with E-state index in [2.05, 4.69) is 31.4 Å². The van der Waals surface area contributed by atoms with Crippen LogP contribution < -0.4 is 5.32 Å². The van der Waals surface area contributed by atoms with E-state index in [1.807, 2.05) is 0 Å². The van der Waals surface area contributed by atoms with Crippen LogP contribution in [0.3, 0.4) is 0 Å². The fourth-order valence-corrected chi connectivity index (χ4v) is 1.89. The summed E-state index contributed by atoms with van der Waals surface area (Å²) in [5.41, 5.74) is -0.0475. The summed E-state index contributed by atoms with van der Waals surface area (Å²) in [5.74, 6) is -0.390. The van der Waals surface area contributed by atoms with Gasteiger partial charge in [-0.15, -0.1) is 0 Å². The van der Waals surface area contributed by atoms with Gasteiger partial charge >= 0.3 is 0 Å². The Morgan fingerprint density at radius 2 is 2.33 bits per heavy atom. The summed E-state index contributed by atoms with van der Waals surface area (Å²) in [6.07, 6.45) is 0. The molecule has 0 spiro atoms. The van der Waals surface area contributed by atoms with Crippen LogP contribution in [-0.4, -0.2) is 16.0 Å². The highest BCUT2D eigenvalue weighted by Gasteiger charge is 2.15. The number of nitrogens with one attached hydrogen (secondary N) is 1. The Labute approximate surface area is 111 Å². The van der Waals surface area contributed by atoms with Gasteiger partial charge in [-0.3, -0.25) is 4.79 Å². The van der Waals surface area contributed by atoms with Gasteiger partial charge in [0.2, 0.25) is 5.89 Å². The quantitative estimate of drug-likeness (QED) is 0.943. The van der Waals surface area contributed by atoms with Gasteiger partial charge < -0.3 is 9.84 Å². The molecule has 0 saturated carbocycles. The zero-order chi connectivity index (χ0) is 13.1. The van der Waals surface area contributed by atoms with Crippen LogP contribution in [-0.2, 0) is 6.54 Å². The van der Waals surface area contributed by atoms with Crippen LogP contribution in [0.4, 0.5) is 4.39 Å². The third kappa shape index (κ3) is 2.73. The first-order valence-corrected chi connectivity index (χ1v) is 5.88. The summed E-state index contributed by atoms with van der Waals surface area (Å²) < 4.78 is 18.7. The van der Waals surface area contributed by atoms with Gasteiger partial charge in [-0.1, -0.05) is 11.2 Å². The first kappa shape index (κ1) is 12.7. The van der Waals surface area contributed by atoms with E-state index in [0.717, 1.165) is 0 Å². The van der Waals surface area contributed by atoms with Crippen molar-refractivity contribution in [3.8, 4) is 0 Å². The number of rotatable bonds is 3. The SMILES string of the molecule is Cc1noc(CNC(=O)c2c(F)cccc2Br)n1. The highest BCUT2D eigenvalue weighted by Crippen LogP contribution is 2.19. The Morgan fingerprint density at radius 1 is 1.56 bits per heavy atom. The first-order valence-electron chi connectivity index (χ1n) is 5.09. The van der Waals surface area contributed by atoms with Gasteiger partial charge in [-0.05, 0) is 35.0 Å². The summed E-state index contributed by atoms with van der Waals surface area (Å²) in [7, 11) is 0. The Bertz CT molecular complexity index is 565. The average molecular weight is 314 g/mol. The van der Waals surface area contributed by atoms with Gasteiger partial charge in [-0.2, -0.15) is 4.98 Å². The third-order valence-corrected chi connectivity index (χ3v) is 2.82. The first-order chi connectivity index (χ1) is 8.58. The van der Waals surface area contributed by atoms with E-state index in [1.54, 1.807) is 13.0 Å². The molecule has 0 radical (unpaired) electrons. The Hall–Kier alpha value is -1.76. The smallest absolute Gasteiger partial charge is 0.255 e. The molecule has 0 bridgehead atoms. The van der Waals surface area contributed by atoms with Crippen LogP contribution in [0.2, 0.25) is 0 Å². The predicted octanol–water partition coefficient (Wildman–Crippen LogP) is 2.21. The number of hydrogen-bond donors (Lipinski definition) is 1. The molecular weight excluding hydrogens is 305 g/mol. The summed E-state index contributed by atoms with van der Waals surface area (Å²) >= 11 is 3.13. The van der Waals surface area contributed by atoms with Crippen LogP contribution in [0, 0.1) is 12.7 Å². The number of hydrogen-bond acceptors (Lipinski definition) is 4. The number of aryl methyl sites for hydroxylation is 1. The van der Waals surface area contributed by atoms with E-state index >= 15 is 0 Å². The van der Waals surface area contributed by atoms with Crippen molar-refractivity contribution in [1.82, 2.24) is 15.5 Å². The van der Waals surface area contributed by atoms with Gasteiger partial charge in [0.05, 0.1) is 12.1 Å². The maximum absolute atomic E-state index is 13.5. The molecule has 1 aromatic heterocycles. The summed E-state index contributed by atoms with van der Waals surface area (Å²) in [5, 5.41) is 6.09. The maximum atomic E-state index is 13.5. The minimum Gasteiger partial charge on any atom is -0.343 e. The van der Waals surface area contributed by atoms with Crippen LogP contribution in [0.25, 0.3) is 0 Å². The Morgan fingerprint density at radius 3 is 2.94 bits per heavy atom. The molecule has 0 atom stereocenters. The van der Waals surface area contributed by atoms with Gasteiger partial charge in [0, 0.05) is 4.47 Å². The fraction of sp³-hybridized carbons (Fsp3) is 0.182. The molecule has 1 aromatic carbocycles. The topological polar surface area (TPSA) is 68.0 Å². The molecule has 1 amide bonds. The molecule has 0 fully saturated rings. The minimum absolute atomic E-state index is 0.0475. The molecule has 5 nitrogen and oxygen atoms in total. The lowest BCUT2D eigenvalue weighted by Crippen LogP contribution is -2.24. The second-order valence-corrected chi connectivity index (χ2v) is 4.37. The zero-order valence-corrected chi connectivity index (χ0v) is 11.0. The van der Waals surface area contributed by atoms with E-state index in [0.29, 0.717) is 10.3 Å². The van der Waals surface area contributed by atoms with Gasteiger partial charge in [0.25, 0.3) is 5.91 Å². The van der Waals surface area contributed by atoms with Crippen molar-refractivity contribution >= 4 is 21.8 Å². The zero-order valence-electron chi connectivity index (χ0n) is 9.41. The molecule has 0 aliphatic heterocycles. The normalized spacial score (nSPS) is 10.4. The average Bonchev–Trinajstić information content (AvgIpc) is 2.72. The van der Waals surface area contributed by atoms with E-state index in [9.17, 15) is 9.18 Å².